The van der Waals surface area contributed by atoms with Crippen LogP contribution in [0.25, 0.3) is 0 Å². The van der Waals surface area contributed by atoms with E-state index < -0.39 is 17.6 Å². The number of alkyl halides is 3. The topological polar surface area (TPSA) is 21.3 Å². The summed E-state index contributed by atoms with van der Waals surface area (Å²) in [6.07, 6.45) is -4.30. The lowest BCUT2D eigenvalue weighted by Crippen LogP contribution is -2.62. The third-order valence-corrected chi connectivity index (χ3v) is 2.31. The first kappa shape index (κ1) is 12.7. The molecule has 0 bridgehead atoms. The Morgan fingerprint density at radius 1 is 1.31 bits per heavy atom. The molecular formula is C8H16F3NO. The minimum Gasteiger partial charge on any atom is -0.382 e. The summed E-state index contributed by atoms with van der Waals surface area (Å²) in [7, 11) is 2.56. The zero-order chi connectivity index (χ0) is 10.7. The van der Waals surface area contributed by atoms with Crippen molar-refractivity contribution in [2.75, 3.05) is 20.8 Å². The van der Waals surface area contributed by atoms with Crippen molar-refractivity contribution in [3.63, 3.8) is 0 Å². The largest absolute Gasteiger partial charge is 0.409 e. The Labute approximate surface area is 76.5 Å². The molecule has 0 aliphatic carbocycles. The number of nitrogens with one attached hydrogen (secondary N) is 1. The van der Waals surface area contributed by atoms with E-state index in [1.807, 2.05) is 0 Å². The third-order valence-electron chi connectivity index (χ3n) is 2.31. The average molecular weight is 199 g/mol. The summed E-state index contributed by atoms with van der Waals surface area (Å²) in [6, 6.07) is 0. The minimum absolute atomic E-state index is 0.370. The molecule has 1 atom stereocenters. The Kier molecular flexibility index (Phi) is 4.19. The maximum absolute atomic E-state index is 12.7. The van der Waals surface area contributed by atoms with Gasteiger partial charge in [-0.15, -0.1) is 0 Å². The van der Waals surface area contributed by atoms with Crippen LogP contribution in [0.5, 0.6) is 0 Å². The van der Waals surface area contributed by atoms with Crippen LogP contribution >= 0.6 is 0 Å². The summed E-state index contributed by atoms with van der Waals surface area (Å²) in [5, 5.41) is 2.31. The predicted molar refractivity (Wildman–Crippen MR) is 44.6 cm³/mol. The molecule has 2 nitrogen and oxygen atoms in total. The van der Waals surface area contributed by atoms with Gasteiger partial charge in [-0.05, 0) is 13.0 Å². The molecule has 0 saturated heterocycles. The first-order valence-corrected chi connectivity index (χ1v) is 4.06. The summed E-state index contributed by atoms with van der Waals surface area (Å²) < 4.78 is 42.6. The highest BCUT2D eigenvalue weighted by Crippen LogP contribution is 2.36. The Morgan fingerprint density at radius 2 is 1.77 bits per heavy atom. The SMILES string of the molecule is CNC(COC)(C(C)C)C(F)(F)F. The van der Waals surface area contributed by atoms with E-state index in [0.717, 1.165) is 0 Å². The van der Waals surface area contributed by atoms with E-state index in [0.29, 0.717) is 0 Å². The third kappa shape index (κ3) is 2.34. The van der Waals surface area contributed by atoms with E-state index in [-0.39, 0.29) is 6.61 Å². The van der Waals surface area contributed by atoms with E-state index in [1.54, 1.807) is 0 Å². The van der Waals surface area contributed by atoms with Crippen molar-refractivity contribution in [1.82, 2.24) is 5.32 Å². The zero-order valence-corrected chi connectivity index (χ0v) is 8.33. The van der Waals surface area contributed by atoms with Gasteiger partial charge in [0.1, 0.15) is 5.54 Å². The van der Waals surface area contributed by atoms with Crippen molar-refractivity contribution in [2.24, 2.45) is 5.92 Å². The van der Waals surface area contributed by atoms with Crippen LogP contribution in [0.4, 0.5) is 13.2 Å². The first-order chi connectivity index (χ1) is 5.81. The highest BCUT2D eigenvalue weighted by molar-refractivity contribution is 4.96. The quantitative estimate of drug-likeness (QED) is 0.745. The number of halogens is 3. The fraction of sp³-hybridized carbons (Fsp3) is 1.00. The van der Waals surface area contributed by atoms with Crippen LogP contribution in [0.1, 0.15) is 13.8 Å². The Morgan fingerprint density at radius 3 is 1.85 bits per heavy atom. The predicted octanol–water partition coefficient (Wildman–Crippen LogP) is 1.81. The number of rotatable bonds is 4. The summed E-state index contributed by atoms with van der Waals surface area (Å²) in [4.78, 5) is 0. The highest BCUT2D eigenvalue weighted by Gasteiger charge is 2.55. The lowest BCUT2D eigenvalue weighted by atomic mass is 9.86. The standard InChI is InChI=1S/C8H16F3NO/c1-6(2)7(12-3,5-13-4)8(9,10)11/h6,12H,5H2,1-4H3. The van der Waals surface area contributed by atoms with Gasteiger partial charge in [0.15, 0.2) is 0 Å². The van der Waals surface area contributed by atoms with Crippen molar-refractivity contribution in [2.45, 2.75) is 25.6 Å². The van der Waals surface area contributed by atoms with E-state index in [4.69, 9.17) is 0 Å². The molecule has 1 N–H and O–H groups in total. The van der Waals surface area contributed by atoms with Gasteiger partial charge in [-0.1, -0.05) is 13.8 Å². The van der Waals surface area contributed by atoms with Crippen LogP contribution in [0.15, 0.2) is 0 Å². The average Bonchev–Trinajstić information content (AvgIpc) is 1.96. The molecule has 5 heteroatoms. The molecule has 0 heterocycles. The first-order valence-electron chi connectivity index (χ1n) is 4.06. The summed E-state index contributed by atoms with van der Waals surface area (Å²) in [6.45, 7) is 2.66. The fourth-order valence-electron chi connectivity index (χ4n) is 1.31. The fourth-order valence-corrected chi connectivity index (χ4v) is 1.31. The summed E-state index contributed by atoms with van der Waals surface area (Å²) >= 11 is 0. The van der Waals surface area contributed by atoms with Crippen LogP contribution < -0.4 is 5.32 Å². The molecule has 0 aromatic carbocycles. The van der Waals surface area contributed by atoms with Gasteiger partial charge in [0.25, 0.3) is 0 Å². The van der Waals surface area contributed by atoms with Crippen molar-refractivity contribution in [3.05, 3.63) is 0 Å². The van der Waals surface area contributed by atoms with Gasteiger partial charge < -0.3 is 10.1 Å². The van der Waals surface area contributed by atoms with Gasteiger partial charge in [-0.2, -0.15) is 13.2 Å². The highest BCUT2D eigenvalue weighted by atomic mass is 19.4. The molecule has 0 aliphatic heterocycles. The van der Waals surface area contributed by atoms with Crippen LogP contribution in [-0.2, 0) is 4.74 Å². The second-order valence-electron chi connectivity index (χ2n) is 3.31. The molecule has 0 aliphatic rings. The summed E-state index contributed by atoms with van der Waals surface area (Å²) in [5.74, 6) is -0.572. The molecule has 0 amide bonds. The van der Waals surface area contributed by atoms with Crippen molar-refractivity contribution in [3.8, 4) is 0 Å². The Bertz CT molecular complexity index is 158. The number of likely N-dealkylation sites (N-methyl/N-ethyl adjacent to an activating group) is 1. The lowest BCUT2D eigenvalue weighted by molar-refractivity contribution is -0.220. The molecule has 1 unspecified atom stereocenters. The molecule has 0 fully saturated rings. The van der Waals surface area contributed by atoms with Gasteiger partial charge >= 0.3 is 6.18 Å². The van der Waals surface area contributed by atoms with Crippen LogP contribution in [0, 0.1) is 5.92 Å². The van der Waals surface area contributed by atoms with Crippen molar-refractivity contribution < 1.29 is 17.9 Å². The van der Waals surface area contributed by atoms with E-state index in [1.165, 1.54) is 28.0 Å². The van der Waals surface area contributed by atoms with E-state index >= 15 is 0 Å². The smallest absolute Gasteiger partial charge is 0.382 e. The Hall–Kier alpha value is -0.290. The molecule has 80 valence electrons. The van der Waals surface area contributed by atoms with Gasteiger partial charge in [0.2, 0.25) is 0 Å². The van der Waals surface area contributed by atoms with Crippen molar-refractivity contribution >= 4 is 0 Å². The van der Waals surface area contributed by atoms with Crippen LogP contribution in [-0.4, -0.2) is 32.5 Å². The monoisotopic (exact) mass is 199 g/mol. The maximum atomic E-state index is 12.7. The second kappa shape index (κ2) is 4.28. The minimum atomic E-state index is -4.30. The maximum Gasteiger partial charge on any atom is 0.409 e. The van der Waals surface area contributed by atoms with Crippen molar-refractivity contribution in [1.29, 1.82) is 0 Å². The number of hydrogen-bond donors (Lipinski definition) is 1. The van der Waals surface area contributed by atoms with E-state index in [9.17, 15) is 13.2 Å². The summed E-state index contributed by atoms with van der Waals surface area (Å²) in [5.41, 5.74) is -1.94. The molecule has 0 aromatic heterocycles. The molecule has 0 saturated carbocycles. The van der Waals surface area contributed by atoms with E-state index in [2.05, 4.69) is 10.1 Å². The van der Waals surface area contributed by atoms with Gasteiger partial charge in [-0.3, -0.25) is 0 Å². The van der Waals surface area contributed by atoms with Gasteiger partial charge in [0.05, 0.1) is 6.61 Å². The molecule has 0 spiro atoms. The van der Waals surface area contributed by atoms with Gasteiger partial charge in [0, 0.05) is 7.11 Å². The molecule has 0 rings (SSSR count). The normalized spacial score (nSPS) is 17.5. The molecule has 0 radical (unpaired) electrons. The number of ether oxygens (including phenoxy) is 1. The van der Waals surface area contributed by atoms with Crippen LogP contribution in [0.3, 0.4) is 0 Å². The number of hydrogen-bond acceptors (Lipinski definition) is 2. The number of methoxy groups -OCH3 is 1. The second-order valence-corrected chi connectivity index (χ2v) is 3.31. The molecule has 13 heavy (non-hydrogen) atoms. The molecular weight excluding hydrogens is 183 g/mol. The van der Waals surface area contributed by atoms with Crippen LogP contribution in [0.2, 0.25) is 0 Å². The molecule has 0 aromatic rings. The van der Waals surface area contributed by atoms with Gasteiger partial charge in [-0.25, -0.2) is 0 Å². The Balaban J connectivity index is 4.87. The zero-order valence-electron chi connectivity index (χ0n) is 8.33. The lowest BCUT2D eigenvalue weighted by Gasteiger charge is -2.38.